The highest BCUT2D eigenvalue weighted by molar-refractivity contribution is 5.58. The summed E-state index contributed by atoms with van der Waals surface area (Å²) < 4.78 is 0. The van der Waals surface area contributed by atoms with Crippen molar-refractivity contribution in [2.75, 3.05) is 31.1 Å². The van der Waals surface area contributed by atoms with Gasteiger partial charge in [0.25, 0.3) is 0 Å². The van der Waals surface area contributed by atoms with E-state index in [-0.39, 0.29) is 0 Å². The van der Waals surface area contributed by atoms with Crippen molar-refractivity contribution in [1.29, 1.82) is 0 Å². The Hall–Kier alpha value is -1.91. The van der Waals surface area contributed by atoms with Gasteiger partial charge in [-0.1, -0.05) is 18.2 Å². The predicted molar refractivity (Wildman–Crippen MR) is 88.7 cm³/mol. The van der Waals surface area contributed by atoms with Gasteiger partial charge in [-0.3, -0.25) is 9.88 Å². The SMILES string of the molecule is c1cncc(CN2Cc3cccc(N4CCNCC4)c3C2)c1. The lowest BCUT2D eigenvalue weighted by Gasteiger charge is -2.31. The Labute approximate surface area is 131 Å². The van der Waals surface area contributed by atoms with Gasteiger partial charge in [0.1, 0.15) is 0 Å². The zero-order valence-electron chi connectivity index (χ0n) is 12.8. The Bertz CT molecular complexity index is 635. The monoisotopic (exact) mass is 294 g/mol. The standard InChI is InChI=1S/C18H22N4/c1-4-16-13-21(12-15-3-2-6-20-11-15)14-17(16)18(5-1)22-9-7-19-8-10-22/h1-6,11,19H,7-10,12-14H2. The van der Waals surface area contributed by atoms with Gasteiger partial charge in [-0.05, 0) is 28.8 Å². The molecule has 0 bridgehead atoms. The third-order valence-corrected chi connectivity index (χ3v) is 4.61. The van der Waals surface area contributed by atoms with Crippen LogP contribution < -0.4 is 10.2 Å². The van der Waals surface area contributed by atoms with Crippen molar-refractivity contribution in [3.8, 4) is 0 Å². The van der Waals surface area contributed by atoms with Crippen LogP contribution in [0.5, 0.6) is 0 Å². The molecule has 3 heterocycles. The molecule has 4 rings (SSSR count). The molecule has 0 saturated carbocycles. The number of nitrogens with zero attached hydrogens (tertiary/aromatic N) is 3. The molecule has 1 aromatic carbocycles. The summed E-state index contributed by atoms with van der Waals surface area (Å²) in [5.41, 5.74) is 5.74. The first kappa shape index (κ1) is 13.7. The van der Waals surface area contributed by atoms with E-state index in [1.807, 2.05) is 18.5 Å². The van der Waals surface area contributed by atoms with E-state index < -0.39 is 0 Å². The van der Waals surface area contributed by atoms with E-state index in [2.05, 4.69) is 44.4 Å². The predicted octanol–water partition coefficient (Wildman–Crippen LogP) is 2.01. The molecule has 0 unspecified atom stereocenters. The lowest BCUT2D eigenvalue weighted by atomic mass is 10.1. The molecule has 4 heteroatoms. The summed E-state index contributed by atoms with van der Waals surface area (Å²) in [4.78, 5) is 9.26. The first-order chi connectivity index (χ1) is 10.9. The summed E-state index contributed by atoms with van der Waals surface area (Å²) in [6, 6.07) is 11.0. The lowest BCUT2D eigenvalue weighted by molar-refractivity contribution is 0.275. The number of aromatic nitrogens is 1. The Balaban J connectivity index is 1.53. The first-order valence-electron chi connectivity index (χ1n) is 8.08. The number of anilines is 1. The third-order valence-electron chi connectivity index (χ3n) is 4.61. The zero-order chi connectivity index (χ0) is 14.8. The van der Waals surface area contributed by atoms with Crippen molar-refractivity contribution in [3.05, 3.63) is 59.4 Å². The number of piperazine rings is 1. The van der Waals surface area contributed by atoms with Crippen LogP contribution in [0, 0.1) is 0 Å². The molecule has 2 aliphatic rings. The van der Waals surface area contributed by atoms with E-state index in [0.717, 1.165) is 45.8 Å². The largest absolute Gasteiger partial charge is 0.369 e. The molecule has 0 aliphatic carbocycles. The second-order valence-electron chi connectivity index (χ2n) is 6.16. The van der Waals surface area contributed by atoms with Gasteiger partial charge in [-0.15, -0.1) is 0 Å². The molecule has 22 heavy (non-hydrogen) atoms. The van der Waals surface area contributed by atoms with E-state index in [1.165, 1.54) is 22.4 Å². The highest BCUT2D eigenvalue weighted by Crippen LogP contribution is 2.32. The Kier molecular flexibility index (Phi) is 3.79. The smallest absolute Gasteiger partial charge is 0.0416 e. The van der Waals surface area contributed by atoms with E-state index >= 15 is 0 Å². The molecule has 0 radical (unpaired) electrons. The molecule has 1 N–H and O–H groups in total. The second kappa shape index (κ2) is 6.07. The number of benzene rings is 1. The topological polar surface area (TPSA) is 31.4 Å². The number of hydrogen-bond donors (Lipinski definition) is 1. The summed E-state index contributed by atoms with van der Waals surface area (Å²) in [6.45, 7) is 7.46. The molecule has 114 valence electrons. The van der Waals surface area contributed by atoms with Crippen molar-refractivity contribution in [2.24, 2.45) is 0 Å². The highest BCUT2D eigenvalue weighted by Gasteiger charge is 2.24. The molecule has 1 fully saturated rings. The van der Waals surface area contributed by atoms with Gasteiger partial charge >= 0.3 is 0 Å². The molecule has 0 atom stereocenters. The summed E-state index contributed by atoms with van der Waals surface area (Å²) in [5.74, 6) is 0. The fraction of sp³-hybridized carbons (Fsp3) is 0.389. The quantitative estimate of drug-likeness (QED) is 0.938. The molecular weight excluding hydrogens is 272 g/mol. The summed E-state index contributed by atoms with van der Waals surface area (Å²) in [7, 11) is 0. The van der Waals surface area contributed by atoms with E-state index in [9.17, 15) is 0 Å². The van der Waals surface area contributed by atoms with Crippen molar-refractivity contribution >= 4 is 5.69 Å². The molecule has 2 aliphatic heterocycles. The van der Waals surface area contributed by atoms with Gasteiger partial charge in [0.15, 0.2) is 0 Å². The normalized spacial score (nSPS) is 18.5. The minimum Gasteiger partial charge on any atom is -0.369 e. The number of fused-ring (bicyclic) bond motifs is 1. The molecule has 0 spiro atoms. The fourth-order valence-electron chi connectivity index (χ4n) is 3.54. The maximum Gasteiger partial charge on any atom is 0.0416 e. The number of pyridine rings is 1. The van der Waals surface area contributed by atoms with Gasteiger partial charge in [-0.25, -0.2) is 0 Å². The average molecular weight is 294 g/mol. The Morgan fingerprint density at radius 1 is 1.05 bits per heavy atom. The van der Waals surface area contributed by atoms with E-state index in [0.29, 0.717) is 0 Å². The number of rotatable bonds is 3. The van der Waals surface area contributed by atoms with Crippen molar-refractivity contribution in [2.45, 2.75) is 19.6 Å². The molecular formula is C18H22N4. The van der Waals surface area contributed by atoms with Crippen LogP contribution in [0.2, 0.25) is 0 Å². The van der Waals surface area contributed by atoms with Gasteiger partial charge in [-0.2, -0.15) is 0 Å². The van der Waals surface area contributed by atoms with Gasteiger partial charge in [0.05, 0.1) is 0 Å². The maximum atomic E-state index is 4.23. The third kappa shape index (κ3) is 2.72. The average Bonchev–Trinajstić information content (AvgIpc) is 2.99. The number of hydrogen-bond acceptors (Lipinski definition) is 4. The maximum absolute atomic E-state index is 4.23. The minimum absolute atomic E-state index is 0.976. The van der Waals surface area contributed by atoms with Crippen LogP contribution in [0.25, 0.3) is 0 Å². The van der Waals surface area contributed by atoms with E-state index in [1.54, 1.807) is 0 Å². The van der Waals surface area contributed by atoms with Gasteiger partial charge in [0.2, 0.25) is 0 Å². The molecule has 0 amide bonds. The van der Waals surface area contributed by atoms with Crippen molar-refractivity contribution in [3.63, 3.8) is 0 Å². The van der Waals surface area contributed by atoms with Gasteiger partial charge in [0, 0.05) is 63.9 Å². The lowest BCUT2D eigenvalue weighted by Crippen LogP contribution is -2.43. The Morgan fingerprint density at radius 3 is 2.77 bits per heavy atom. The molecule has 2 aromatic rings. The Morgan fingerprint density at radius 2 is 1.95 bits per heavy atom. The first-order valence-corrected chi connectivity index (χ1v) is 8.08. The van der Waals surface area contributed by atoms with Crippen LogP contribution in [0.4, 0.5) is 5.69 Å². The highest BCUT2D eigenvalue weighted by atomic mass is 15.2. The molecule has 4 nitrogen and oxygen atoms in total. The summed E-state index contributed by atoms with van der Waals surface area (Å²) >= 11 is 0. The minimum atomic E-state index is 0.976. The fourth-order valence-corrected chi connectivity index (χ4v) is 3.54. The zero-order valence-corrected chi connectivity index (χ0v) is 12.8. The van der Waals surface area contributed by atoms with Crippen LogP contribution in [0.15, 0.2) is 42.7 Å². The number of nitrogens with one attached hydrogen (secondary N) is 1. The molecule has 1 aromatic heterocycles. The van der Waals surface area contributed by atoms with Crippen molar-refractivity contribution < 1.29 is 0 Å². The van der Waals surface area contributed by atoms with Crippen LogP contribution >= 0.6 is 0 Å². The van der Waals surface area contributed by atoms with Gasteiger partial charge < -0.3 is 10.2 Å². The second-order valence-corrected chi connectivity index (χ2v) is 6.16. The van der Waals surface area contributed by atoms with Crippen LogP contribution in [0.3, 0.4) is 0 Å². The van der Waals surface area contributed by atoms with E-state index in [4.69, 9.17) is 0 Å². The summed E-state index contributed by atoms with van der Waals surface area (Å²) in [6.07, 6.45) is 3.81. The summed E-state index contributed by atoms with van der Waals surface area (Å²) in [5, 5.41) is 3.43. The molecule has 1 saturated heterocycles. The van der Waals surface area contributed by atoms with Crippen LogP contribution in [0.1, 0.15) is 16.7 Å². The van der Waals surface area contributed by atoms with Crippen LogP contribution in [-0.2, 0) is 19.6 Å². The van der Waals surface area contributed by atoms with Crippen LogP contribution in [-0.4, -0.2) is 36.1 Å². The van der Waals surface area contributed by atoms with Crippen molar-refractivity contribution in [1.82, 2.24) is 15.2 Å².